The number of rotatable bonds is 5. The first-order valence-electron chi connectivity index (χ1n) is 8.23. The van der Waals surface area contributed by atoms with Crippen molar-refractivity contribution in [3.05, 3.63) is 75.9 Å². The SMILES string of the molecule is O=C(O)CC(=Cc1ccc(-c2ccccc2Br)o1)c1nc2ccccc2s1. The Morgan fingerprint density at radius 2 is 1.89 bits per heavy atom. The van der Waals surface area contributed by atoms with Gasteiger partial charge in [0.25, 0.3) is 0 Å². The van der Waals surface area contributed by atoms with Gasteiger partial charge in [0.15, 0.2) is 0 Å². The summed E-state index contributed by atoms with van der Waals surface area (Å²) >= 11 is 5.00. The molecule has 0 radical (unpaired) electrons. The summed E-state index contributed by atoms with van der Waals surface area (Å²) < 4.78 is 7.90. The van der Waals surface area contributed by atoms with Crippen LogP contribution in [-0.2, 0) is 4.79 Å². The molecular weight excluding hydrogens is 426 g/mol. The molecule has 0 amide bonds. The molecule has 1 N–H and O–H groups in total. The molecule has 6 heteroatoms. The average molecular weight is 440 g/mol. The molecule has 0 spiro atoms. The minimum Gasteiger partial charge on any atom is -0.481 e. The highest BCUT2D eigenvalue weighted by atomic mass is 79.9. The number of carbonyl (C=O) groups is 1. The van der Waals surface area contributed by atoms with Crippen LogP contribution in [-0.4, -0.2) is 16.1 Å². The molecule has 0 atom stereocenters. The number of thiazole rings is 1. The van der Waals surface area contributed by atoms with E-state index in [0.29, 0.717) is 22.1 Å². The van der Waals surface area contributed by atoms with E-state index in [0.717, 1.165) is 20.3 Å². The molecule has 0 bridgehead atoms. The van der Waals surface area contributed by atoms with E-state index in [-0.39, 0.29) is 6.42 Å². The zero-order valence-electron chi connectivity index (χ0n) is 14.1. The largest absolute Gasteiger partial charge is 0.481 e. The fourth-order valence-electron chi connectivity index (χ4n) is 2.77. The number of halogens is 1. The molecule has 2 aromatic heterocycles. The van der Waals surface area contributed by atoms with Crippen molar-refractivity contribution in [1.29, 1.82) is 0 Å². The highest BCUT2D eigenvalue weighted by Gasteiger charge is 2.14. The maximum atomic E-state index is 11.4. The summed E-state index contributed by atoms with van der Waals surface area (Å²) in [6, 6.07) is 19.3. The van der Waals surface area contributed by atoms with Crippen molar-refractivity contribution in [2.24, 2.45) is 0 Å². The maximum Gasteiger partial charge on any atom is 0.307 e. The van der Waals surface area contributed by atoms with Gasteiger partial charge < -0.3 is 9.52 Å². The minimum atomic E-state index is -0.905. The highest BCUT2D eigenvalue weighted by molar-refractivity contribution is 9.10. The molecular formula is C21H14BrNO3S. The van der Waals surface area contributed by atoms with Crippen molar-refractivity contribution in [2.75, 3.05) is 0 Å². The Balaban J connectivity index is 1.73. The summed E-state index contributed by atoms with van der Waals surface area (Å²) in [6.45, 7) is 0. The molecule has 2 aromatic carbocycles. The number of aromatic nitrogens is 1. The third kappa shape index (κ3) is 3.86. The lowest BCUT2D eigenvalue weighted by molar-refractivity contribution is -0.135. The van der Waals surface area contributed by atoms with E-state index in [9.17, 15) is 9.90 Å². The molecule has 4 aromatic rings. The van der Waals surface area contributed by atoms with Crippen molar-refractivity contribution in [1.82, 2.24) is 4.98 Å². The molecule has 0 unspecified atom stereocenters. The quantitative estimate of drug-likeness (QED) is 0.394. The van der Waals surface area contributed by atoms with E-state index in [1.54, 1.807) is 6.08 Å². The van der Waals surface area contributed by atoms with E-state index in [1.807, 2.05) is 60.7 Å². The fraction of sp³-hybridized carbons (Fsp3) is 0.0476. The molecule has 0 saturated heterocycles. The number of carboxylic acid groups (broad SMARTS) is 1. The molecule has 0 saturated carbocycles. The second-order valence-corrected chi connectivity index (χ2v) is 7.79. The summed E-state index contributed by atoms with van der Waals surface area (Å²) in [7, 11) is 0. The number of hydrogen-bond donors (Lipinski definition) is 1. The van der Waals surface area contributed by atoms with Crippen LogP contribution in [0.2, 0.25) is 0 Å². The van der Waals surface area contributed by atoms with E-state index >= 15 is 0 Å². The number of hydrogen-bond acceptors (Lipinski definition) is 4. The fourth-order valence-corrected chi connectivity index (χ4v) is 4.23. The van der Waals surface area contributed by atoms with Crippen LogP contribution in [0.15, 0.2) is 69.6 Å². The molecule has 27 heavy (non-hydrogen) atoms. The normalized spacial score (nSPS) is 11.8. The predicted molar refractivity (Wildman–Crippen MR) is 112 cm³/mol. The molecule has 0 aliphatic heterocycles. The zero-order valence-corrected chi connectivity index (χ0v) is 16.5. The van der Waals surface area contributed by atoms with Crippen molar-refractivity contribution in [2.45, 2.75) is 6.42 Å². The minimum absolute atomic E-state index is 0.120. The monoisotopic (exact) mass is 439 g/mol. The first kappa shape index (κ1) is 17.7. The first-order chi connectivity index (χ1) is 13.1. The number of fused-ring (bicyclic) bond motifs is 1. The Labute approximate surface area is 167 Å². The lowest BCUT2D eigenvalue weighted by Crippen LogP contribution is -1.96. The Kier molecular flexibility index (Phi) is 4.92. The number of nitrogens with zero attached hydrogens (tertiary/aromatic N) is 1. The van der Waals surface area contributed by atoms with Crippen LogP contribution >= 0.6 is 27.3 Å². The molecule has 0 fully saturated rings. The lowest BCUT2D eigenvalue weighted by Gasteiger charge is -2.01. The third-order valence-corrected chi connectivity index (χ3v) is 5.80. The van der Waals surface area contributed by atoms with Crippen molar-refractivity contribution in [3.63, 3.8) is 0 Å². The van der Waals surface area contributed by atoms with Crippen LogP contribution in [0.25, 0.3) is 33.2 Å². The summed E-state index contributed by atoms with van der Waals surface area (Å²) in [5.41, 5.74) is 2.43. The van der Waals surface area contributed by atoms with Crippen LogP contribution in [0.3, 0.4) is 0 Å². The van der Waals surface area contributed by atoms with Gasteiger partial charge in [0.2, 0.25) is 0 Å². The van der Waals surface area contributed by atoms with Crippen molar-refractivity contribution < 1.29 is 14.3 Å². The van der Waals surface area contributed by atoms with Crippen molar-refractivity contribution >= 4 is 55.1 Å². The smallest absolute Gasteiger partial charge is 0.307 e. The summed E-state index contributed by atoms with van der Waals surface area (Å²) in [5.74, 6) is 0.405. The Morgan fingerprint density at radius 1 is 1.11 bits per heavy atom. The van der Waals surface area contributed by atoms with E-state index in [1.165, 1.54) is 11.3 Å². The van der Waals surface area contributed by atoms with Gasteiger partial charge in [-0.05, 0) is 36.4 Å². The van der Waals surface area contributed by atoms with Crippen LogP contribution in [0, 0.1) is 0 Å². The highest BCUT2D eigenvalue weighted by Crippen LogP contribution is 2.33. The Bertz CT molecular complexity index is 1130. The molecule has 0 aliphatic rings. The molecule has 2 heterocycles. The predicted octanol–water partition coefficient (Wildman–Crippen LogP) is 6.33. The van der Waals surface area contributed by atoms with Gasteiger partial charge in [-0.1, -0.05) is 46.3 Å². The zero-order chi connectivity index (χ0) is 18.8. The number of furan rings is 1. The first-order valence-corrected chi connectivity index (χ1v) is 9.84. The molecule has 4 rings (SSSR count). The standard InChI is InChI=1S/C21H14BrNO3S/c22-16-6-2-1-5-15(16)18-10-9-14(26-18)11-13(12-20(24)25)21-23-17-7-3-4-8-19(17)27-21/h1-11H,12H2,(H,24,25). The topological polar surface area (TPSA) is 63.3 Å². The number of aliphatic carboxylic acids is 1. The van der Waals surface area contributed by atoms with Gasteiger partial charge in [0.05, 0.1) is 16.6 Å². The van der Waals surface area contributed by atoms with E-state index in [2.05, 4.69) is 20.9 Å². The van der Waals surface area contributed by atoms with Gasteiger partial charge in [0.1, 0.15) is 16.5 Å². The summed E-state index contributed by atoms with van der Waals surface area (Å²) in [5, 5.41) is 10.0. The Morgan fingerprint density at radius 3 is 2.67 bits per heavy atom. The van der Waals surface area contributed by atoms with Gasteiger partial charge >= 0.3 is 5.97 Å². The number of para-hydroxylation sites is 1. The molecule has 0 aliphatic carbocycles. The summed E-state index contributed by atoms with van der Waals surface area (Å²) in [6.07, 6.45) is 1.64. The second kappa shape index (κ2) is 7.50. The van der Waals surface area contributed by atoms with Crippen molar-refractivity contribution in [3.8, 4) is 11.3 Å². The number of carboxylic acids is 1. The van der Waals surface area contributed by atoms with Crippen LogP contribution in [0.1, 0.15) is 17.2 Å². The van der Waals surface area contributed by atoms with Gasteiger partial charge in [0, 0.05) is 15.6 Å². The van der Waals surface area contributed by atoms with Gasteiger partial charge in [-0.25, -0.2) is 4.98 Å². The molecule has 134 valence electrons. The lowest BCUT2D eigenvalue weighted by atomic mass is 10.1. The van der Waals surface area contributed by atoms with E-state index in [4.69, 9.17) is 4.42 Å². The van der Waals surface area contributed by atoms with Gasteiger partial charge in [-0.15, -0.1) is 11.3 Å². The van der Waals surface area contributed by atoms with Crippen LogP contribution in [0.5, 0.6) is 0 Å². The van der Waals surface area contributed by atoms with Gasteiger partial charge in [-0.3, -0.25) is 4.79 Å². The summed E-state index contributed by atoms with van der Waals surface area (Å²) in [4.78, 5) is 15.9. The Hall–Kier alpha value is -2.70. The van der Waals surface area contributed by atoms with Crippen LogP contribution in [0.4, 0.5) is 0 Å². The van der Waals surface area contributed by atoms with E-state index < -0.39 is 5.97 Å². The van der Waals surface area contributed by atoms with Crippen LogP contribution < -0.4 is 0 Å². The maximum absolute atomic E-state index is 11.4. The second-order valence-electron chi connectivity index (χ2n) is 5.91. The van der Waals surface area contributed by atoms with Gasteiger partial charge in [-0.2, -0.15) is 0 Å². The third-order valence-electron chi connectivity index (χ3n) is 3.99. The average Bonchev–Trinajstić information content (AvgIpc) is 3.28. The number of benzene rings is 2. The molecule has 4 nitrogen and oxygen atoms in total.